The van der Waals surface area contributed by atoms with Crippen LogP contribution in [0.5, 0.6) is 11.5 Å². The number of esters is 1. The van der Waals surface area contributed by atoms with Crippen LogP contribution >= 0.6 is 11.6 Å². The molecule has 2 aromatic carbocycles. The van der Waals surface area contributed by atoms with Gasteiger partial charge in [-0.15, -0.1) is 0 Å². The van der Waals surface area contributed by atoms with Crippen LogP contribution < -0.4 is 14.8 Å². The van der Waals surface area contributed by atoms with E-state index in [9.17, 15) is 9.59 Å². The van der Waals surface area contributed by atoms with Gasteiger partial charge in [0, 0.05) is 28.4 Å². The standard InChI is InChI=1S/C20H20ClNO5/c1-13(20(24)22-16-8-6-15(21)7-9-16)27-19(23)11-5-14-4-10-17(25-2)12-18(14)26-3/h4-13H,1-3H3,(H,22,24)/b11-5+/t13-/m0/s1. The van der Waals surface area contributed by atoms with Crippen molar-refractivity contribution in [2.24, 2.45) is 0 Å². The predicted molar refractivity (Wildman–Crippen MR) is 104 cm³/mol. The van der Waals surface area contributed by atoms with E-state index in [0.29, 0.717) is 27.8 Å². The van der Waals surface area contributed by atoms with Crippen LogP contribution in [0.15, 0.2) is 48.5 Å². The molecule has 0 bridgehead atoms. The van der Waals surface area contributed by atoms with Gasteiger partial charge >= 0.3 is 5.97 Å². The maximum absolute atomic E-state index is 12.1. The number of benzene rings is 2. The molecule has 0 aliphatic carbocycles. The lowest BCUT2D eigenvalue weighted by molar-refractivity contribution is -0.148. The molecule has 0 aliphatic rings. The van der Waals surface area contributed by atoms with Crippen molar-refractivity contribution in [2.45, 2.75) is 13.0 Å². The smallest absolute Gasteiger partial charge is 0.331 e. The van der Waals surface area contributed by atoms with Gasteiger partial charge in [-0.05, 0) is 49.4 Å². The van der Waals surface area contributed by atoms with E-state index in [1.807, 2.05) is 0 Å². The van der Waals surface area contributed by atoms with Gasteiger partial charge < -0.3 is 19.5 Å². The van der Waals surface area contributed by atoms with E-state index in [4.69, 9.17) is 25.8 Å². The highest BCUT2D eigenvalue weighted by Crippen LogP contribution is 2.25. The fourth-order valence-electron chi connectivity index (χ4n) is 2.16. The van der Waals surface area contributed by atoms with Gasteiger partial charge in [-0.25, -0.2) is 4.79 Å². The first-order chi connectivity index (χ1) is 12.9. The lowest BCUT2D eigenvalue weighted by Gasteiger charge is -2.12. The number of amides is 1. The minimum Gasteiger partial charge on any atom is -0.497 e. The van der Waals surface area contributed by atoms with Crippen LogP contribution in [0.2, 0.25) is 5.02 Å². The largest absolute Gasteiger partial charge is 0.497 e. The van der Waals surface area contributed by atoms with Gasteiger partial charge in [-0.1, -0.05) is 11.6 Å². The topological polar surface area (TPSA) is 73.9 Å². The number of carbonyl (C=O) groups is 2. The number of ether oxygens (including phenoxy) is 3. The Hall–Kier alpha value is -2.99. The third-order valence-electron chi connectivity index (χ3n) is 3.61. The van der Waals surface area contributed by atoms with Gasteiger partial charge in [0.1, 0.15) is 11.5 Å². The molecule has 27 heavy (non-hydrogen) atoms. The van der Waals surface area contributed by atoms with Crippen molar-refractivity contribution in [3.8, 4) is 11.5 Å². The number of hydrogen-bond donors (Lipinski definition) is 1. The summed E-state index contributed by atoms with van der Waals surface area (Å²) < 4.78 is 15.5. The molecule has 6 nitrogen and oxygen atoms in total. The first-order valence-corrected chi connectivity index (χ1v) is 8.48. The Labute approximate surface area is 162 Å². The SMILES string of the molecule is COc1ccc(/C=C/C(=O)O[C@@H](C)C(=O)Nc2ccc(Cl)cc2)c(OC)c1. The first kappa shape index (κ1) is 20.3. The van der Waals surface area contributed by atoms with Crippen molar-refractivity contribution < 1.29 is 23.8 Å². The number of methoxy groups -OCH3 is 2. The molecule has 2 aromatic rings. The maximum atomic E-state index is 12.1. The van der Waals surface area contributed by atoms with E-state index in [1.165, 1.54) is 20.1 Å². The summed E-state index contributed by atoms with van der Waals surface area (Å²) in [7, 11) is 3.08. The molecule has 0 heterocycles. The zero-order valence-electron chi connectivity index (χ0n) is 15.2. The van der Waals surface area contributed by atoms with Crippen molar-refractivity contribution >= 4 is 35.2 Å². The molecule has 0 radical (unpaired) electrons. The Morgan fingerprint density at radius 1 is 1.07 bits per heavy atom. The molecule has 1 N–H and O–H groups in total. The second-order valence-corrected chi connectivity index (χ2v) is 5.95. The second-order valence-electron chi connectivity index (χ2n) is 5.52. The summed E-state index contributed by atoms with van der Waals surface area (Å²) >= 11 is 5.80. The molecule has 0 saturated heterocycles. The van der Waals surface area contributed by atoms with Gasteiger partial charge in [-0.2, -0.15) is 0 Å². The Balaban J connectivity index is 1.95. The van der Waals surface area contributed by atoms with Crippen LogP contribution in [0.4, 0.5) is 5.69 Å². The van der Waals surface area contributed by atoms with Crippen LogP contribution in [0.3, 0.4) is 0 Å². The number of nitrogens with one attached hydrogen (secondary N) is 1. The Morgan fingerprint density at radius 3 is 2.41 bits per heavy atom. The van der Waals surface area contributed by atoms with Crippen LogP contribution in [-0.4, -0.2) is 32.2 Å². The summed E-state index contributed by atoms with van der Waals surface area (Å²) in [6, 6.07) is 11.8. The molecule has 0 fully saturated rings. The zero-order valence-corrected chi connectivity index (χ0v) is 15.9. The molecule has 142 valence electrons. The summed E-state index contributed by atoms with van der Waals surface area (Å²) in [6.45, 7) is 1.49. The molecule has 1 atom stereocenters. The molecular weight excluding hydrogens is 370 g/mol. The fraction of sp³-hybridized carbons (Fsp3) is 0.200. The Morgan fingerprint density at radius 2 is 1.78 bits per heavy atom. The van der Waals surface area contributed by atoms with Gasteiger partial charge in [0.25, 0.3) is 5.91 Å². The minimum absolute atomic E-state index is 0.443. The van der Waals surface area contributed by atoms with Crippen LogP contribution in [-0.2, 0) is 14.3 Å². The number of rotatable bonds is 7. The molecule has 0 aliphatic heterocycles. The third kappa shape index (κ3) is 6.04. The quantitative estimate of drug-likeness (QED) is 0.573. The summed E-state index contributed by atoms with van der Waals surface area (Å²) in [5, 5.41) is 3.21. The average molecular weight is 390 g/mol. The molecule has 0 saturated carbocycles. The average Bonchev–Trinajstić information content (AvgIpc) is 2.67. The van der Waals surface area contributed by atoms with Crippen LogP contribution in [0.1, 0.15) is 12.5 Å². The van der Waals surface area contributed by atoms with Gasteiger partial charge in [0.2, 0.25) is 0 Å². The molecule has 2 rings (SSSR count). The minimum atomic E-state index is -0.962. The molecule has 7 heteroatoms. The van der Waals surface area contributed by atoms with Gasteiger partial charge in [0.15, 0.2) is 6.10 Å². The maximum Gasteiger partial charge on any atom is 0.331 e. The van der Waals surface area contributed by atoms with Crippen molar-refractivity contribution in [2.75, 3.05) is 19.5 Å². The third-order valence-corrected chi connectivity index (χ3v) is 3.87. The van der Waals surface area contributed by atoms with E-state index in [-0.39, 0.29) is 0 Å². The van der Waals surface area contributed by atoms with Gasteiger partial charge in [0.05, 0.1) is 14.2 Å². The number of anilines is 1. The van der Waals surface area contributed by atoms with E-state index in [2.05, 4.69) is 5.32 Å². The van der Waals surface area contributed by atoms with Crippen LogP contribution in [0, 0.1) is 0 Å². The lowest BCUT2D eigenvalue weighted by Crippen LogP contribution is -2.29. The van der Waals surface area contributed by atoms with Crippen molar-refractivity contribution in [1.82, 2.24) is 0 Å². The summed E-state index contributed by atoms with van der Waals surface area (Å²) in [5.74, 6) is 0.0960. The normalized spacial score (nSPS) is 11.7. The molecule has 0 spiro atoms. The number of hydrogen-bond acceptors (Lipinski definition) is 5. The molecule has 0 aromatic heterocycles. The highest BCUT2D eigenvalue weighted by molar-refractivity contribution is 6.30. The van der Waals surface area contributed by atoms with Crippen LogP contribution in [0.25, 0.3) is 6.08 Å². The fourth-order valence-corrected chi connectivity index (χ4v) is 2.28. The van der Waals surface area contributed by atoms with Crippen molar-refractivity contribution in [3.05, 3.63) is 59.1 Å². The summed E-state index contributed by atoms with van der Waals surface area (Å²) in [5.41, 5.74) is 1.24. The highest BCUT2D eigenvalue weighted by atomic mass is 35.5. The number of carbonyl (C=O) groups excluding carboxylic acids is 2. The summed E-state index contributed by atoms with van der Waals surface area (Å²) in [4.78, 5) is 24.1. The first-order valence-electron chi connectivity index (χ1n) is 8.10. The molecule has 0 unspecified atom stereocenters. The monoisotopic (exact) mass is 389 g/mol. The summed E-state index contributed by atoms with van der Waals surface area (Å²) in [6.07, 6.45) is 1.82. The van der Waals surface area contributed by atoms with Gasteiger partial charge in [-0.3, -0.25) is 4.79 Å². The van der Waals surface area contributed by atoms with E-state index >= 15 is 0 Å². The van der Waals surface area contributed by atoms with E-state index < -0.39 is 18.0 Å². The molecular formula is C20H20ClNO5. The number of halogens is 1. The van der Waals surface area contributed by atoms with Crippen molar-refractivity contribution in [3.63, 3.8) is 0 Å². The molecule has 1 amide bonds. The Kier molecular flexibility index (Phi) is 7.25. The highest BCUT2D eigenvalue weighted by Gasteiger charge is 2.16. The van der Waals surface area contributed by atoms with Crippen molar-refractivity contribution in [1.29, 1.82) is 0 Å². The Bertz CT molecular complexity index is 833. The van der Waals surface area contributed by atoms with E-state index in [1.54, 1.807) is 55.7 Å². The lowest BCUT2D eigenvalue weighted by atomic mass is 10.1. The second kappa shape index (κ2) is 9.64. The van der Waals surface area contributed by atoms with E-state index in [0.717, 1.165) is 0 Å². The predicted octanol–water partition coefficient (Wildman–Crippen LogP) is 3.94. The zero-order chi connectivity index (χ0) is 19.8.